The minimum absolute atomic E-state index is 0.304. The molecular formula is C17H17N3O2. The van der Waals surface area contributed by atoms with Gasteiger partial charge in [-0.3, -0.25) is 0 Å². The molecule has 0 bridgehead atoms. The Hall–Kier alpha value is -2.69. The van der Waals surface area contributed by atoms with Gasteiger partial charge in [-0.2, -0.15) is 5.10 Å². The maximum atomic E-state index is 12.3. The van der Waals surface area contributed by atoms with E-state index in [1.807, 2.05) is 45.0 Å². The molecule has 5 heteroatoms. The molecule has 3 rings (SSSR count). The summed E-state index contributed by atoms with van der Waals surface area (Å²) in [6, 6.07) is 11.4. The van der Waals surface area contributed by atoms with E-state index in [0.717, 1.165) is 5.56 Å². The van der Waals surface area contributed by atoms with Gasteiger partial charge in [-0.05, 0) is 38.5 Å². The third-order valence-corrected chi connectivity index (χ3v) is 3.50. The molecule has 22 heavy (non-hydrogen) atoms. The first-order valence-electron chi connectivity index (χ1n) is 7.13. The molecule has 112 valence electrons. The third kappa shape index (κ3) is 2.83. The maximum Gasteiger partial charge on any atom is 0.340 e. The SMILES string of the molecule is Cc1ccc(C(C)OC(=O)c2ccc3nc(C)nn3c2)cc1. The third-order valence-electron chi connectivity index (χ3n) is 3.50. The lowest BCUT2D eigenvalue weighted by Gasteiger charge is -2.13. The number of fused-ring (bicyclic) bond motifs is 1. The van der Waals surface area contributed by atoms with Gasteiger partial charge in [0.1, 0.15) is 11.9 Å². The number of hydrogen-bond donors (Lipinski definition) is 0. The van der Waals surface area contributed by atoms with Gasteiger partial charge >= 0.3 is 5.97 Å². The number of aryl methyl sites for hydroxylation is 2. The number of rotatable bonds is 3. The van der Waals surface area contributed by atoms with Crippen LogP contribution in [0, 0.1) is 13.8 Å². The van der Waals surface area contributed by atoms with Gasteiger partial charge < -0.3 is 4.74 Å². The molecule has 2 heterocycles. The van der Waals surface area contributed by atoms with E-state index in [1.165, 1.54) is 5.56 Å². The van der Waals surface area contributed by atoms with Crippen LogP contribution in [0.4, 0.5) is 0 Å². The molecule has 0 spiro atoms. The topological polar surface area (TPSA) is 56.5 Å². The molecule has 0 saturated heterocycles. The highest BCUT2D eigenvalue weighted by atomic mass is 16.5. The predicted octanol–water partition coefficient (Wildman–Crippen LogP) is 3.26. The normalized spacial score (nSPS) is 12.3. The molecule has 5 nitrogen and oxygen atoms in total. The average molecular weight is 295 g/mol. The summed E-state index contributed by atoms with van der Waals surface area (Å²) in [5.74, 6) is 0.293. The Kier molecular flexibility index (Phi) is 3.63. The highest BCUT2D eigenvalue weighted by Gasteiger charge is 2.14. The van der Waals surface area contributed by atoms with Gasteiger partial charge in [-0.1, -0.05) is 29.8 Å². The van der Waals surface area contributed by atoms with Crippen LogP contribution in [-0.2, 0) is 4.74 Å². The van der Waals surface area contributed by atoms with E-state index >= 15 is 0 Å². The molecule has 0 saturated carbocycles. The van der Waals surface area contributed by atoms with Crippen LogP contribution in [0.15, 0.2) is 42.6 Å². The summed E-state index contributed by atoms with van der Waals surface area (Å²) in [7, 11) is 0. The fraction of sp³-hybridized carbons (Fsp3) is 0.235. The van der Waals surface area contributed by atoms with Crippen LogP contribution in [-0.4, -0.2) is 20.6 Å². The summed E-state index contributed by atoms with van der Waals surface area (Å²) in [5, 5.41) is 4.20. The quantitative estimate of drug-likeness (QED) is 0.696. The molecule has 1 aromatic carbocycles. The minimum Gasteiger partial charge on any atom is -0.454 e. The number of pyridine rings is 1. The van der Waals surface area contributed by atoms with E-state index < -0.39 is 0 Å². The van der Waals surface area contributed by atoms with E-state index in [1.54, 1.807) is 22.8 Å². The summed E-state index contributed by atoms with van der Waals surface area (Å²) in [4.78, 5) is 16.5. The van der Waals surface area contributed by atoms with Crippen molar-refractivity contribution in [1.82, 2.24) is 14.6 Å². The second-order valence-electron chi connectivity index (χ2n) is 5.34. The number of carbonyl (C=O) groups is 1. The molecule has 1 atom stereocenters. The van der Waals surface area contributed by atoms with Crippen molar-refractivity contribution >= 4 is 11.6 Å². The number of ether oxygens (including phenoxy) is 1. The Morgan fingerprint density at radius 2 is 1.86 bits per heavy atom. The van der Waals surface area contributed by atoms with Crippen LogP contribution in [0.1, 0.15) is 40.3 Å². The van der Waals surface area contributed by atoms with Crippen LogP contribution < -0.4 is 0 Å². The number of nitrogens with zero attached hydrogens (tertiary/aromatic N) is 3. The van der Waals surface area contributed by atoms with Gasteiger partial charge in [0.05, 0.1) is 5.56 Å². The second-order valence-corrected chi connectivity index (χ2v) is 5.34. The molecule has 1 unspecified atom stereocenters. The van der Waals surface area contributed by atoms with Gasteiger partial charge in [0, 0.05) is 6.20 Å². The molecule has 0 aliphatic carbocycles. The monoisotopic (exact) mass is 295 g/mol. The van der Waals surface area contributed by atoms with E-state index in [4.69, 9.17) is 4.74 Å². The van der Waals surface area contributed by atoms with Crippen LogP contribution in [0.25, 0.3) is 5.65 Å². The Balaban J connectivity index is 1.78. The zero-order chi connectivity index (χ0) is 15.7. The van der Waals surface area contributed by atoms with Crippen LogP contribution in [0.5, 0.6) is 0 Å². The lowest BCUT2D eigenvalue weighted by atomic mass is 10.1. The second kappa shape index (κ2) is 5.60. The van der Waals surface area contributed by atoms with E-state index in [2.05, 4.69) is 10.1 Å². The molecule has 3 aromatic rings. The van der Waals surface area contributed by atoms with Crippen LogP contribution >= 0.6 is 0 Å². The standard InChI is InChI=1S/C17H17N3O2/c1-11-4-6-14(7-5-11)12(2)22-17(21)15-8-9-16-18-13(3)19-20(16)10-15/h4-10,12H,1-3H3. The summed E-state index contributed by atoms with van der Waals surface area (Å²) >= 11 is 0. The first-order valence-corrected chi connectivity index (χ1v) is 7.13. The highest BCUT2D eigenvalue weighted by Crippen LogP contribution is 2.19. The minimum atomic E-state index is -0.372. The van der Waals surface area contributed by atoms with Gasteiger partial charge in [-0.15, -0.1) is 0 Å². The van der Waals surface area contributed by atoms with Crippen molar-refractivity contribution in [3.63, 3.8) is 0 Å². The number of benzene rings is 1. The lowest BCUT2D eigenvalue weighted by Crippen LogP contribution is -2.10. The Morgan fingerprint density at radius 3 is 2.59 bits per heavy atom. The van der Waals surface area contributed by atoms with Crippen molar-refractivity contribution in [3.8, 4) is 0 Å². The number of carbonyl (C=O) groups excluding carboxylic acids is 1. The molecule has 2 aromatic heterocycles. The van der Waals surface area contributed by atoms with Crippen molar-refractivity contribution < 1.29 is 9.53 Å². The predicted molar refractivity (Wildman–Crippen MR) is 82.7 cm³/mol. The largest absolute Gasteiger partial charge is 0.454 e. The average Bonchev–Trinajstić information content (AvgIpc) is 2.86. The van der Waals surface area contributed by atoms with Gasteiger partial charge in [0.2, 0.25) is 0 Å². The van der Waals surface area contributed by atoms with Gasteiger partial charge in [0.25, 0.3) is 0 Å². The maximum absolute atomic E-state index is 12.3. The van der Waals surface area contributed by atoms with Crippen molar-refractivity contribution in [2.75, 3.05) is 0 Å². The molecule has 0 aliphatic rings. The molecule has 0 radical (unpaired) electrons. The van der Waals surface area contributed by atoms with Crippen LogP contribution in [0.3, 0.4) is 0 Å². The van der Waals surface area contributed by atoms with E-state index in [9.17, 15) is 4.79 Å². The molecule has 0 amide bonds. The summed E-state index contributed by atoms with van der Waals surface area (Å²) in [6.45, 7) is 5.70. The molecule has 0 fully saturated rings. The fourth-order valence-corrected chi connectivity index (χ4v) is 2.25. The van der Waals surface area contributed by atoms with Crippen molar-refractivity contribution in [3.05, 3.63) is 65.1 Å². The Bertz CT molecular complexity index is 822. The molecular weight excluding hydrogens is 278 g/mol. The smallest absolute Gasteiger partial charge is 0.340 e. The lowest BCUT2D eigenvalue weighted by molar-refractivity contribution is 0.0337. The number of esters is 1. The summed E-state index contributed by atoms with van der Waals surface area (Å²) in [5.41, 5.74) is 3.31. The number of aromatic nitrogens is 3. The Morgan fingerprint density at radius 1 is 1.14 bits per heavy atom. The van der Waals surface area contributed by atoms with Crippen LogP contribution in [0.2, 0.25) is 0 Å². The van der Waals surface area contributed by atoms with Gasteiger partial charge in [0.15, 0.2) is 5.65 Å². The Labute approximate surface area is 128 Å². The fourth-order valence-electron chi connectivity index (χ4n) is 2.25. The van der Waals surface area contributed by atoms with E-state index in [-0.39, 0.29) is 12.1 Å². The summed E-state index contributed by atoms with van der Waals surface area (Å²) in [6.07, 6.45) is 1.33. The number of hydrogen-bond acceptors (Lipinski definition) is 4. The first-order chi connectivity index (χ1) is 10.5. The first kappa shape index (κ1) is 14.3. The van der Waals surface area contributed by atoms with Gasteiger partial charge in [-0.25, -0.2) is 14.3 Å². The molecule has 0 aliphatic heterocycles. The van der Waals surface area contributed by atoms with E-state index in [0.29, 0.717) is 17.0 Å². The van der Waals surface area contributed by atoms with Crippen molar-refractivity contribution in [1.29, 1.82) is 0 Å². The zero-order valence-electron chi connectivity index (χ0n) is 12.8. The van der Waals surface area contributed by atoms with Crippen molar-refractivity contribution in [2.24, 2.45) is 0 Å². The molecule has 0 N–H and O–H groups in total. The summed E-state index contributed by atoms with van der Waals surface area (Å²) < 4.78 is 7.10. The zero-order valence-corrected chi connectivity index (χ0v) is 12.8. The highest BCUT2D eigenvalue weighted by molar-refractivity contribution is 5.89. The van der Waals surface area contributed by atoms with Crippen molar-refractivity contribution in [2.45, 2.75) is 26.9 Å².